The number of amides is 1. The van der Waals surface area contributed by atoms with Crippen molar-refractivity contribution in [2.24, 2.45) is 5.16 Å². The number of aromatic nitrogens is 4. The lowest BCUT2D eigenvalue weighted by atomic mass is 9.94. The second-order valence-corrected chi connectivity index (χ2v) is 10.9. The van der Waals surface area contributed by atoms with Gasteiger partial charge in [0.2, 0.25) is 0 Å². The molecule has 1 aliphatic rings. The van der Waals surface area contributed by atoms with Crippen molar-refractivity contribution in [1.82, 2.24) is 23.9 Å². The molecule has 1 fully saturated rings. The van der Waals surface area contributed by atoms with Crippen LogP contribution >= 0.6 is 11.5 Å². The number of hydrogen-bond donors (Lipinski definition) is 2. The smallest absolute Gasteiger partial charge is 0.410 e. The molecule has 1 aliphatic heterocycles. The summed E-state index contributed by atoms with van der Waals surface area (Å²) in [6, 6.07) is 5.72. The van der Waals surface area contributed by atoms with Crippen molar-refractivity contribution in [3.05, 3.63) is 47.8 Å². The quantitative estimate of drug-likeness (QED) is 0.201. The minimum atomic E-state index is -0.554. The van der Waals surface area contributed by atoms with E-state index in [-0.39, 0.29) is 12.0 Å². The van der Waals surface area contributed by atoms with Crippen molar-refractivity contribution in [3.8, 4) is 11.1 Å². The molecule has 37 heavy (non-hydrogen) atoms. The number of ether oxygens (including phenoxy) is 1. The van der Waals surface area contributed by atoms with E-state index in [0.29, 0.717) is 24.5 Å². The van der Waals surface area contributed by atoms with Gasteiger partial charge in [0.05, 0.1) is 23.8 Å². The largest absolute Gasteiger partial charge is 0.463 e. The van der Waals surface area contributed by atoms with Crippen molar-refractivity contribution < 1.29 is 19.2 Å². The Morgan fingerprint density at radius 1 is 1.35 bits per heavy atom. The number of furan rings is 1. The highest BCUT2D eigenvalue weighted by molar-refractivity contribution is 7.10. The summed E-state index contributed by atoms with van der Waals surface area (Å²) >= 11 is 1.37. The Labute approximate surface area is 217 Å². The van der Waals surface area contributed by atoms with Crippen molar-refractivity contribution >= 4 is 40.3 Å². The third kappa shape index (κ3) is 5.43. The topological polar surface area (TPSA) is 130 Å². The Morgan fingerprint density at radius 2 is 2.19 bits per heavy atom. The van der Waals surface area contributed by atoms with Gasteiger partial charge < -0.3 is 24.6 Å². The molecule has 0 bridgehead atoms. The Morgan fingerprint density at radius 3 is 2.92 bits per heavy atom. The summed E-state index contributed by atoms with van der Waals surface area (Å²) in [5.41, 5.74) is 3.40. The van der Waals surface area contributed by atoms with Crippen molar-refractivity contribution in [3.63, 3.8) is 0 Å². The first-order chi connectivity index (χ1) is 17.7. The summed E-state index contributed by atoms with van der Waals surface area (Å²) in [5.74, 6) is 1.18. The van der Waals surface area contributed by atoms with Gasteiger partial charge in [0, 0.05) is 36.2 Å². The number of oxime groups is 1. The third-order valence-corrected chi connectivity index (χ3v) is 6.77. The van der Waals surface area contributed by atoms with Crippen LogP contribution in [0, 0.1) is 6.92 Å². The maximum Gasteiger partial charge on any atom is 0.410 e. The summed E-state index contributed by atoms with van der Waals surface area (Å²) in [7, 11) is 0. The van der Waals surface area contributed by atoms with Gasteiger partial charge in [-0.05, 0) is 64.2 Å². The summed E-state index contributed by atoms with van der Waals surface area (Å²) in [5, 5.41) is 20.8. The number of carbonyl (C=O) groups excluding carboxylic acids is 1. The number of nitrogens with zero attached hydrogens (tertiary/aromatic N) is 6. The average molecular weight is 524 g/mol. The number of rotatable bonds is 5. The van der Waals surface area contributed by atoms with Gasteiger partial charge >= 0.3 is 6.09 Å². The molecule has 11 nitrogen and oxygen atoms in total. The molecular weight excluding hydrogens is 494 g/mol. The number of fused-ring (bicyclic) bond motifs is 1. The third-order valence-electron chi connectivity index (χ3n) is 5.98. The molecule has 1 atom stereocenters. The Bertz CT molecular complexity index is 1450. The molecule has 0 radical (unpaired) electrons. The van der Waals surface area contributed by atoms with E-state index in [9.17, 15) is 4.79 Å². The molecule has 5 rings (SSSR count). The van der Waals surface area contributed by atoms with E-state index >= 15 is 0 Å². The number of piperidine rings is 1. The first-order valence-corrected chi connectivity index (χ1v) is 12.8. The number of nitrogens with one attached hydrogen (secondary N) is 1. The molecule has 12 heteroatoms. The first-order valence-electron chi connectivity index (χ1n) is 12.0. The highest BCUT2D eigenvalue weighted by Gasteiger charge is 2.30. The molecule has 0 spiro atoms. The molecule has 1 saturated heterocycles. The van der Waals surface area contributed by atoms with Crippen molar-refractivity contribution in [2.75, 3.05) is 18.4 Å². The molecule has 4 aromatic heterocycles. The predicted octanol–water partition coefficient (Wildman–Crippen LogP) is 5.42. The Kier molecular flexibility index (Phi) is 6.59. The zero-order valence-corrected chi connectivity index (χ0v) is 21.9. The maximum atomic E-state index is 12.8. The SMILES string of the molecule is Cc1cc(Nc2cc(C3CCCN(C(=O)OC(C)(C)C)C3)nc3c(-c4coc(/C=N\O)c4)cnn23)sn1. The summed E-state index contributed by atoms with van der Waals surface area (Å²) in [6.07, 6.45) is 5.97. The van der Waals surface area contributed by atoms with Crippen molar-refractivity contribution in [2.45, 2.75) is 52.1 Å². The lowest BCUT2D eigenvalue weighted by Gasteiger charge is -2.34. The highest BCUT2D eigenvalue weighted by Crippen LogP contribution is 2.33. The average Bonchev–Trinajstić information content (AvgIpc) is 3.58. The highest BCUT2D eigenvalue weighted by atomic mass is 32.1. The molecule has 5 heterocycles. The van der Waals surface area contributed by atoms with Crippen LogP contribution in [-0.4, -0.2) is 60.1 Å². The zero-order chi connectivity index (χ0) is 26.2. The lowest BCUT2D eigenvalue weighted by molar-refractivity contribution is 0.0197. The van der Waals surface area contributed by atoms with Gasteiger partial charge in [-0.25, -0.2) is 9.78 Å². The van der Waals surface area contributed by atoms with E-state index < -0.39 is 5.60 Å². The molecule has 1 amide bonds. The van der Waals surface area contributed by atoms with Gasteiger partial charge in [0.1, 0.15) is 28.4 Å². The zero-order valence-electron chi connectivity index (χ0n) is 21.1. The molecule has 0 aliphatic carbocycles. The van der Waals surface area contributed by atoms with Gasteiger partial charge in [0.25, 0.3) is 0 Å². The van der Waals surface area contributed by atoms with Crippen LogP contribution in [0.2, 0.25) is 0 Å². The monoisotopic (exact) mass is 523 g/mol. The molecule has 0 saturated carbocycles. The maximum absolute atomic E-state index is 12.8. The molecule has 0 aromatic carbocycles. The van der Waals surface area contributed by atoms with Gasteiger partial charge in [0.15, 0.2) is 5.65 Å². The molecule has 1 unspecified atom stereocenters. The molecule has 194 valence electrons. The number of aryl methyl sites for hydroxylation is 1. The van der Waals surface area contributed by atoms with Crippen molar-refractivity contribution in [1.29, 1.82) is 0 Å². The van der Waals surface area contributed by atoms with E-state index in [0.717, 1.165) is 46.2 Å². The minimum absolute atomic E-state index is 0.0270. The van der Waals surface area contributed by atoms with Crippen LogP contribution in [0.5, 0.6) is 0 Å². The van der Waals surface area contributed by atoms with Crippen LogP contribution in [-0.2, 0) is 4.74 Å². The van der Waals surface area contributed by atoms with Crippen LogP contribution in [0.3, 0.4) is 0 Å². The normalized spacial score (nSPS) is 16.5. The molecular formula is C25H29N7O4S. The standard InChI is InChI=1S/C25H29N7O4S/c1-15-8-22(37-30-15)29-21-10-20(16-6-5-7-31(13-16)24(33)36-25(2,3)4)28-23-19(12-26-32(21)23)17-9-18(11-27-34)35-14-17/h8-12,14,16,29,34H,5-7,13H2,1-4H3/b27-11-. The summed E-state index contributed by atoms with van der Waals surface area (Å²) in [4.78, 5) is 19.6. The van der Waals surface area contributed by atoms with Crippen LogP contribution in [0.25, 0.3) is 16.8 Å². The number of carbonyl (C=O) groups is 1. The fourth-order valence-corrected chi connectivity index (χ4v) is 5.03. The van der Waals surface area contributed by atoms with Gasteiger partial charge in [-0.15, -0.1) is 0 Å². The van der Waals surface area contributed by atoms with E-state index in [1.807, 2.05) is 39.8 Å². The van der Waals surface area contributed by atoms with Gasteiger partial charge in [-0.3, -0.25) is 0 Å². The number of hydrogen-bond acceptors (Lipinski definition) is 10. The van der Waals surface area contributed by atoms with Crippen LogP contribution in [0.1, 0.15) is 56.7 Å². The number of likely N-dealkylation sites (tertiary alicyclic amines) is 1. The summed E-state index contributed by atoms with van der Waals surface area (Å²) < 4.78 is 17.2. The van der Waals surface area contributed by atoms with Crippen LogP contribution < -0.4 is 5.32 Å². The van der Waals surface area contributed by atoms with Crippen LogP contribution in [0.15, 0.2) is 40.2 Å². The van der Waals surface area contributed by atoms with E-state index in [4.69, 9.17) is 19.3 Å². The second kappa shape index (κ2) is 9.85. The van der Waals surface area contributed by atoms with E-state index in [1.54, 1.807) is 27.9 Å². The van der Waals surface area contributed by atoms with Gasteiger partial charge in [-0.2, -0.15) is 14.0 Å². The fourth-order valence-electron chi connectivity index (χ4n) is 4.36. The van der Waals surface area contributed by atoms with E-state index in [2.05, 4.69) is 19.9 Å². The number of anilines is 2. The minimum Gasteiger partial charge on any atom is -0.463 e. The predicted molar refractivity (Wildman–Crippen MR) is 140 cm³/mol. The Hall–Kier alpha value is -3.93. The van der Waals surface area contributed by atoms with E-state index in [1.165, 1.54) is 17.7 Å². The second-order valence-electron chi connectivity index (χ2n) is 10.1. The summed E-state index contributed by atoms with van der Waals surface area (Å²) in [6.45, 7) is 8.73. The molecule has 4 aromatic rings. The lowest BCUT2D eigenvalue weighted by Crippen LogP contribution is -2.42. The first kappa shape index (κ1) is 24.8. The fraction of sp³-hybridized carbons (Fsp3) is 0.400. The van der Waals surface area contributed by atoms with Gasteiger partial charge in [-0.1, -0.05) is 5.16 Å². The molecule has 2 N–H and O–H groups in total. The van der Waals surface area contributed by atoms with Crippen LogP contribution in [0.4, 0.5) is 15.6 Å². The Balaban J connectivity index is 1.54.